The fraction of sp³-hybridized carbons (Fsp3) is 0.600. The number of halogens is 2. The van der Waals surface area contributed by atoms with Crippen molar-refractivity contribution in [3.8, 4) is 5.75 Å². The van der Waals surface area contributed by atoms with Gasteiger partial charge < -0.3 is 4.74 Å². The maximum absolute atomic E-state index is 14.8. The first kappa shape index (κ1) is 24.2. The summed E-state index contributed by atoms with van der Waals surface area (Å²) in [6, 6.07) is 7.48. The van der Waals surface area contributed by atoms with Crippen LogP contribution in [-0.4, -0.2) is 6.61 Å². The lowest BCUT2D eigenvalue weighted by Gasteiger charge is -2.38. The van der Waals surface area contributed by atoms with Gasteiger partial charge >= 0.3 is 0 Å². The summed E-state index contributed by atoms with van der Waals surface area (Å²) >= 11 is 0. The fourth-order valence-electron chi connectivity index (χ4n) is 6.38. The molecule has 0 bridgehead atoms. The van der Waals surface area contributed by atoms with E-state index in [1.54, 1.807) is 6.07 Å². The number of rotatable bonds is 9. The summed E-state index contributed by atoms with van der Waals surface area (Å²) in [5.41, 5.74) is 1.15. The maximum atomic E-state index is 14.8. The highest BCUT2D eigenvalue weighted by Gasteiger charge is 2.31. The molecule has 1 nitrogen and oxygen atoms in total. The molecule has 0 N–H and O–H groups in total. The molecule has 0 amide bonds. The van der Waals surface area contributed by atoms with Gasteiger partial charge in [-0.25, -0.2) is 4.39 Å². The third kappa shape index (κ3) is 5.78. The smallest absolute Gasteiger partial charge is 0.201 e. The summed E-state index contributed by atoms with van der Waals surface area (Å²) in [6.45, 7) is 6.01. The first-order valence-electron chi connectivity index (χ1n) is 13.3. The van der Waals surface area contributed by atoms with Crippen LogP contribution >= 0.6 is 0 Å². The van der Waals surface area contributed by atoms with Crippen molar-refractivity contribution in [2.45, 2.75) is 89.9 Å². The highest BCUT2D eigenvalue weighted by molar-refractivity contribution is 5.85. The quantitative estimate of drug-likeness (QED) is 0.271. The minimum atomic E-state index is -0.907. The van der Waals surface area contributed by atoms with Crippen LogP contribution in [0, 0.1) is 29.4 Å². The van der Waals surface area contributed by atoms with E-state index >= 15 is 0 Å². The van der Waals surface area contributed by atoms with E-state index in [9.17, 15) is 8.78 Å². The Morgan fingerprint density at radius 2 is 1.61 bits per heavy atom. The van der Waals surface area contributed by atoms with Crippen molar-refractivity contribution in [1.82, 2.24) is 0 Å². The number of benzene rings is 2. The second kappa shape index (κ2) is 11.5. The maximum Gasteiger partial charge on any atom is 0.201 e. The topological polar surface area (TPSA) is 9.23 Å². The van der Waals surface area contributed by atoms with Gasteiger partial charge in [-0.3, -0.25) is 0 Å². The molecule has 2 saturated carbocycles. The number of unbranched alkanes of at least 4 members (excludes halogenated alkanes) is 2. The van der Waals surface area contributed by atoms with Crippen LogP contribution < -0.4 is 4.74 Å². The molecule has 0 aliphatic heterocycles. The molecule has 0 saturated heterocycles. The molecule has 3 heteroatoms. The van der Waals surface area contributed by atoms with Crippen LogP contribution in [0.2, 0.25) is 0 Å². The normalized spacial score (nSPS) is 25.8. The predicted octanol–water partition coefficient (Wildman–Crippen LogP) is 9.34. The third-order valence-electron chi connectivity index (χ3n) is 8.38. The lowest BCUT2D eigenvalue weighted by atomic mass is 9.68. The van der Waals surface area contributed by atoms with Gasteiger partial charge in [0.1, 0.15) is 6.61 Å². The Balaban J connectivity index is 1.34. The van der Waals surface area contributed by atoms with Crippen LogP contribution in [0.15, 0.2) is 36.9 Å². The van der Waals surface area contributed by atoms with Gasteiger partial charge in [0.15, 0.2) is 11.6 Å². The van der Waals surface area contributed by atoms with Crippen LogP contribution in [0.4, 0.5) is 8.78 Å². The molecule has 4 rings (SSSR count). The van der Waals surface area contributed by atoms with E-state index in [0.29, 0.717) is 16.7 Å². The summed E-state index contributed by atoms with van der Waals surface area (Å²) in [4.78, 5) is 0. The molecule has 2 aliphatic carbocycles. The Morgan fingerprint density at radius 1 is 0.909 bits per heavy atom. The van der Waals surface area contributed by atoms with Crippen LogP contribution in [-0.2, 0) is 0 Å². The molecule has 2 aromatic rings. The Hall–Kier alpha value is -1.90. The number of hydrogen-bond acceptors (Lipinski definition) is 1. The van der Waals surface area contributed by atoms with Crippen molar-refractivity contribution in [2.75, 3.05) is 6.61 Å². The van der Waals surface area contributed by atoms with Gasteiger partial charge in [0.2, 0.25) is 5.82 Å². The second-order valence-corrected chi connectivity index (χ2v) is 10.5. The van der Waals surface area contributed by atoms with Crippen molar-refractivity contribution in [3.63, 3.8) is 0 Å². The van der Waals surface area contributed by atoms with Crippen molar-refractivity contribution < 1.29 is 13.5 Å². The first-order valence-corrected chi connectivity index (χ1v) is 13.3. The monoisotopic (exact) mass is 454 g/mol. The molecule has 0 spiro atoms. The molecule has 33 heavy (non-hydrogen) atoms. The summed E-state index contributed by atoms with van der Waals surface area (Å²) < 4.78 is 34.5. The van der Waals surface area contributed by atoms with Gasteiger partial charge in [0, 0.05) is 5.39 Å². The van der Waals surface area contributed by atoms with E-state index < -0.39 is 11.6 Å². The number of fused-ring (bicyclic) bond motifs is 1. The van der Waals surface area contributed by atoms with E-state index in [1.807, 2.05) is 12.1 Å². The molecule has 180 valence electrons. The third-order valence-corrected chi connectivity index (χ3v) is 8.38. The van der Waals surface area contributed by atoms with Gasteiger partial charge in [-0.2, -0.15) is 4.39 Å². The van der Waals surface area contributed by atoms with Crippen LogP contribution in [0.5, 0.6) is 5.75 Å². The number of hydrogen-bond donors (Lipinski definition) is 0. The minimum Gasteiger partial charge on any atom is -0.486 e. The Morgan fingerprint density at radius 3 is 2.27 bits per heavy atom. The predicted molar refractivity (Wildman–Crippen MR) is 134 cm³/mol. The average Bonchev–Trinajstić information content (AvgIpc) is 2.86. The van der Waals surface area contributed by atoms with Crippen molar-refractivity contribution in [3.05, 3.63) is 54.1 Å². The van der Waals surface area contributed by atoms with Gasteiger partial charge in [-0.15, -0.1) is 0 Å². The van der Waals surface area contributed by atoms with Crippen molar-refractivity contribution in [1.29, 1.82) is 0 Å². The van der Waals surface area contributed by atoms with E-state index in [-0.39, 0.29) is 12.4 Å². The van der Waals surface area contributed by atoms with E-state index in [4.69, 9.17) is 4.74 Å². The van der Waals surface area contributed by atoms with E-state index in [1.165, 1.54) is 70.3 Å². The van der Waals surface area contributed by atoms with Crippen molar-refractivity contribution >= 4 is 10.8 Å². The molecule has 0 aromatic heterocycles. The highest BCUT2D eigenvalue weighted by atomic mass is 19.2. The Bertz CT molecular complexity index is 921. The standard InChI is InChI=1S/C30H40F2O/c1-3-5-6-7-21-8-10-22(11-9-21)23-12-14-24(15-13-23)25-16-17-26-20-28(33-18-4-2)30(32)29(31)27(26)19-25/h4,16-17,19-24H,2-3,5-15,18H2,1H3. The summed E-state index contributed by atoms with van der Waals surface area (Å²) in [6.07, 6.45) is 17.7. The molecule has 0 unspecified atom stereocenters. The Kier molecular flexibility index (Phi) is 8.44. The molecule has 2 aromatic carbocycles. The van der Waals surface area contributed by atoms with Gasteiger partial charge in [-0.05, 0) is 85.3 Å². The minimum absolute atomic E-state index is 0.0479. The lowest BCUT2D eigenvalue weighted by molar-refractivity contribution is 0.155. The molecule has 0 radical (unpaired) electrons. The Labute approximate surface area is 198 Å². The fourth-order valence-corrected chi connectivity index (χ4v) is 6.38. The zero-order valence-corrected chi connectivity index (χ0v) is 20.3. The zero-order chi connectivity index (χ0) is 23.2. The highest BCUT2D eigenvalue weighted by Crippen LogP contribution is 2.45. The molecular formula is C30H40F2O. The molecule has 2 aliphatic rings. The van der Waals surface area contributed by atoms with Gasteiger partial charge in [0.25, 0.3) is 0 Å². The largest absolute Gasteiger partial charge is 0.486 e. The summed E-state index contributed by atoms with van der Waals surface area (Å²) in [5, 5.41) is 1.04. The van der Waals surface area contributed by atoms with Crippen LogP contribution in [0.25, 0.3) is 10.8 Å². The lowest BCUT2D eigenvalue weighted by Crippen LogP contribution is -2.25. The summed E-state index contributed by atoms with van der Waals surface area (Å²) in [5.74, 6) is 1.43. The van der Waals surface area contributed by atoms with E-state index in [0.717, 1.165) is 36.2 Å². The number of ether oxygens (including phenoxy) is 1. The van der Waals surface area contributed by atoms with Gasteiger partial charge in [0.05, 0.1) is 0 Å². The molecule has 2 fully saturated rings. The molecular weight excluding hydrogens is 414 g/mol. The van der Waals surface area contributed by atoms with Crippen molar-refractivity contribution in [2.24, 2.45) is 17.8 Å². The molecule has 0 atom stereocenters. The van der Waals surface area contributed by atoms with Crippen LogP contribution in [0.3, 0.4) is 0 Å². The average molecular weight is 455 g/mol. The summed E-state index contributed by atoms with van der Waals surface area (Å²) in [7, 11) is 0. The van der Waals surface area contributed by atoms with Gasteiger partial charge in [-0.1, -0.05) is 70.2 Å². The molecule has 0 heterocycles. The van der Waals surface area contributed by atoms with Crippen LogP contribution in [0.1, 0.15) is 95.5 Å². The first-order chi connectivity index (χ1) is 16.1. The second-order valence-electron chi connectivity index (χ2n) is 10.5. The zero-order valence-electron chi connectivity index (χ0n) is 20.3. The SMILES string of the molecule is C=CCOc1cc2ccc(C3CCC(C4CCC(CCCCC)CC4)CC3)cc2c(F)c1F. The van der Waals surface area contributed by atoms with E-state index in [2.05, 4.69) is 19.6 Å².